The zero-order chi connectivity index (χ0) is 14.1. The third-order valence-corrected chi connectivity index (χ3v) is 3.63. The van der Waals surface area contributed by atoms with E-state index in [1.165, 1.54) is 16.5 Å². The van der Waals surface area contributed by atoms with Crippen LogP contribution >= 0.6 is 0 Å². The van der Waals surface area contributed by atoms with Crippen molar-refractivity contribution in [2.75, 3.05) is 5.32 Å². The Morgan fingerprint density at radius 3 is 2.75 bits per heavy atom. The number of halogens is 1. The van der Waals surface area contributed by atoms with E-state index in [9.17, 15) is 4.39 Å². The van der Waals surface area contributed by atoms with Gasteiger partial charge in [0.25, 0.3) is 0 Å². The Hall–Kier alpha value is -2.29. The fourth-order valence-corrected chi connectivity index (χ4v) is 2.47. The highest BCUT2D eigenvalue weighted by Gasteiger charge is 2.06. The fourth-order valence-electron chi connectivity index (χ4n) is 2.47. The maximum atomic E-state index is 13.5. The number of para-hydroxylation sites is 1. The number of hydrogen-bond acceptors (Lipinski definition) is 1. The van der Waals surface area contributed by atoms with Crippen LogP contribution in [0.15, 0.2) is 48.7 Å². The van der Waals surface area contributed by atoms with Crippen molar-refractivity contribution in [1.29, 1.82) is 0 Å². The fraction of sp³-hybridized carbons (Fsp3) is 0.176. The van der Waals surface area contributed by atoms with Gasteiger partial charge in [-0.1, -0.05) is 24.3 Å². The number of benzene rings is 2. The largest absolute Gasteiger partial charge is 0.381 e. The predicted molar refractivity (Wildman–Crippen MR) is 81.4 cm³/mol. The molecule has 3 aromatic rings. The van der Waals surface area contributed by atoms with Crippen LogP contribution < -0.4 is 5.32 Å². The van der Waals surface area contributed by atoms with Gasteiger partial charge in [-0.15, -0.1) is 0 Å². The van der Waals surface area contributed by atoms with Crippen LogP contribution in [0.2, 0.25) is 0 Å². The van der Waals surface area contributed by atoms with Crippen LogP contribution in [0.25, 0.3) is 10.9 Å². The summed E-state index contributed by atoms with van der Waals surface area (Å²) < 4.78 is 15.6. The lowest BCUT2D eigenvalue weighted by Gasteiger charge is -2.06. The van der Waals surface area contributed by atoms with Crippen LogP contribution in [0.4, 0.5) is 10.1 Å². The topological polar surface area (TPSA) is 17.0 Å². The van der Waals surface area contributed by atoms with E-state index in [4.69, 9.17) is 0 Å². The normalized spacial score (nSPS) is 10.9. The van der Waals surface area contributed by atoms with E-state index in [1.54, 1.807) is 19.1 Å². The first-order valence-electron chi connectivity index (χ1n) is 6.68. The van der Waals surface area contributed by atoms with E-state index in [-0.39, 0.29) is 5.82 Å². The average Bonchev–Trinajstić information content (AvgIpc) is 2.78. The molecule has 0 aliphatic carbocycles. The summed E-state index contributed by atoms with van der Waals surface area (Å²) in [5.74, 6) is -0.173. The molecule has 1 aromatic heterocycles. The Balaban J connectivity index is 1.85. The number of nitrogens with one attached hydrogen (secondary N) is 1. The molecule has 0 saturated carbocycles. The SMILES string of the molecule is Cc1ccc(NCc2cn(C)c3ccccc23)cc1F. The smallest absolute Gasteiger partial charge is 0.128 e. The van der Waals surface area contributed by atoms with Crippen molar-refractivity contribution in [2.24, 2.45) is 7.05 Å². The third-order valence-electron chi connectivity index (χ3n) is 3.63. The summed E-state index contributed by atoms with van der Waals surface area (Å²) >= 11 is 0. The highest BCUT2D eigenvalue weighted by molar-refractivity contribution is 5.84. The van der Waals surface area contributed by atoms with Crippen molar-refractivity contribution in [1.82, 2.24) is 4.57 Å². The standard InChI is InChI=1S/C17H17FN2/c1-12-7-8-14(9-16(12)18)19-10-13-11-20(2)17-6-4-3-5-15(13)17/h3-9,11,19H,10H2,1-2H3. The summed E-state index contributed by atoms with van der Waals surface area (Å²) in [7, 11) is 2.04. The molecular formula is C17H17FN2. The van der Waals surface area contributed by atoms with Gasteiger partial charge in [0.2, 0.25) is 0 Å². The Kier molecular flexibility index (Phi) is 3.18. The number of nitrogens with zero attached hydrogens (tertiary/aromatic N) is 1. The van der Waals surface area contributed by atoms with Crippen LogP contribution in [-0.2, 0) is 13.6 Å². The third kappa shape index (κ3) is 2.27. The van der Waals surface area contributed by atoms with Crippen molar-refractivity contribution in [2.45, 2.75) is 13.5 Å². The molecule has 2 nitrogen and oxygen atoms in total. The van der Waals surface area contributed by atoms with E-state index in [2.05, 4.69) is 28.2 Å². The monoisotopic (exact) mass is 268 g/mol. The maximum absolute atomic E-state index is 13.5. The summed E-state index contributed by atoms with van der Waals surface area (Å²) in [5, 5.41) is 4.51. The molecule has 20 heavy (non-hydrogen) atoms. The van der Waals surface area contributed by atoms with Gasteiger partial charge >= 0.3 is 0 Å². The molecule has 0 unspecified atom stereocenters. The van der Waals surface area contributed by atoms with Crippen molar-refractivity contribution in [3.63, 3.8) is 0 Å². The summed E-state index contributed by atoms with van der Waals surface area (Å²) in [6, 6.07) is 13.5. The molecule has 0 atom stereocenters. The van der Waals surface area contributed by atoms with Gasteiger partial charge in [0, 0.05) is 36.4 Å². The molecule has 0 amide bonds. The number of aryl methyl sites for hydroxylation is 2. The van der Waals surface area contributed by atoms with Crippen molar-refractivity contribution >= 4 is 16.6 Å². The van der Waals surface area contributed by atoms with Gasteiger partial charge in [-0.05, 0) is 36.2 Å². The van der Waals surface area contributed by atoms with Crippen LogP contribution in [0, 0.1) is 12.7 Å². The second kappa shape index (κ2) is 5.00. The van der Waals surface area contributed by atoms with Gasteiger partial charge in [-0.2, -0.15) is 0 Å². The first-order valence-corrected chi connectivity index (χ1v) is 6.68. The molecule has 0 fully saturated rings. The second-order valence-corrected chi connectivity index (χ2v) is 5.10. The Labute approximate surface area is 117 Å². The van der Waals surface area contributed by atoms with Crippen LogP contribution in [0.5, 0.6) is 0 Å². The Bertz CT molecular complexity index is 759. The van der Waals surface area contributed by atoms with Gasteiger partial charge in [0.1, 0.15) is 5.82 Å². The van der Waals surface area contributed by atoms with Gasteiger partial charge in [0.15, 0.2) is 0 Å². The van der Waals surface area contributed by atoms with Crippen LogP contribution in [0.1, 0.15) is 11.1 Å². The number of rotatable bonds is 3. The molecule has 0 radical (unpaired) electrons. The number of anilines is 1. The van der Waals surface area contributed by atoms with Crippen molar-refractivity contribution in [3.8, 4) is 0 Å². The van der Waals surface area contributed by atoms with E-state index in [0.717, 1.165) is 5.69 Å². The molecule has 1 N–H and O–H groups in total. The maximum Gasteiger partial charge on any atom is 0.128 e. The molecule has 3 rings (SSSR count). The first-order chi connectivity index (χ1) is 9.65. The molecule has 2 aromatic carbocycles. The summed E-state index contributed by atoms with van der Waals surface area (Å²) in [4.78, 5) is 0. The minimum Gasteiger partial charge on any atom is -0.381 e. The Morgan fingerprint density at radius 1 is 1.15 bits per heavy atom. The minimum atomic E-state index is -0.173. The lowest BCUT2D eigenvalue weighted by molar-refractivity contribution is 0.619. The number of fused-ring (bicyclic) bond motifs is 1. The summed E-state index contributed by atoms with van der Waals surface area (Å²) in [5.41, 5.74) is 3.89. The predicted octanol–water partition coefficient (Wildman–Crippen LogP) is 4.24. The molecule has 1 heterocycles. The van der Waals surface area contributed by atoms with E-state index in [1.807, 2.05) is 25.2 Å². The van der Waals surface area contributed by atoms with E-state index < -0.39 is 0 Å². The molecule has 0 aliphatic rings. The highest BCUT2D eigenvalue weighted by atomic mass is 19.1. The number of aromatic nitrogens is 1. The first kappa shape index (κ1) is 12.7. The molecule has 0 bridgehead atoms. The van der Waals surface area contributed by atoms with Crippen LogP contribution in [-0.4, -0.2) is 4.57 Å². The summed E-state index contributed by atoms with van der Waals surface area (Å²) in [6.45, 7) is 2.45. The quantitative estimate of drug-likeness (QED) is 0.752. The van der Waals surface area contributed by atoms with Crippen LogP contribution in [0.3, 0.4) is 0 Å². The van der Waals surface area contributed by atoms with Gasteiger partial charge in [0.05, 0.1) is 0 Å². The average molecular weight is 268 g/mol. The molecule has 102 valence electrons. The molecule has 0 spiro atoms. The highest BCUT2D eigenvalue weighted by Crippen LogP contribution is 2.22. The minimum absolute atomic E-state index is 0.173. The van der Waals surface area contributed by atoms with Gasteiger partial charge < -0.3 is 9.88 Å². The van der Waals surface area contributed by atoms with Crippen molar-refractivity contribution in [3.05, 3.63) is 65.6 Å². The lowest BCUT2D eigenvalue weighted by Crippen LogP contribution is -1.99. The van der Waals surface area contributed by atoms with E-state index >= 15 is 0 Å². The zero-order valence-corrected chi connectivity index (χ0v) is 11.7. The molecule has 0 saturated heterocycles. The number of hydrogen-bond donors (Lipinski definition) is 1. The van der Waals surface area contributed by atoms with Gasteiger partial charge in [-0.25, -0.2) is 4.39 Å². The molecular weight excluding hydrogens is 251 g/mol. The molecule has 0 aliphatic heterocycles. The Morgan fingerprint density at radius 2 is 1.95 bits per heavy atom. The molecule has 3 heteroatoms. The zero-order valence-electron chi connectivity index (χ0n) is 11.7. The van der Waals surface area contributed by atoms with Gasteiger partial charge in [-0.3, -0.25) is 0 Å². The van der Waals surface area contributed by atoms with E-state index in [0.29, 0.717) is 12.1 Å². The summed E-state index contributed by atoms with van der Waals surface area (Å²) in [6.07, 6.45) is 2.11. The lowest BCUT2D eigenvalue weighted by atomic mass is 10.1. The van der Waals surface area contributed by atoms with Crippen molar-refractivity contribution < 1.29 is 4.39 Å². The second-order valence-electron chi connectivity index (χ2n) is 5.10.